The summed E-state index contributed by atoms with van der Waals surface area (Å²) >= 11 is 0. The number of methoxy groups -OCH3 is 2. The number of esters is 2. The molecule has 0 saturated carbocycles. The topological polar surface area (TPSA) is 76.8 Å². The Bertz CT molecular complexity index is 567. The number of rotatable bonds is 6. The van der Waals surface area contributed by atoms with Gasteiger partial charge >= 0.3 is 11.9 Å². The van der Waals surface area contributed by atoms with Gasteiger partial charge in [0, 0.05) is 19.2 Å². The second-order valence-electron chi connectivity index (χ2n) is 4.49. The van der Waals surface area contributed by atoms with Gasteiger partial charge in [-0.1, -0.05) is 0 Å². The fourth-order valence-corrected chi connectivity index (χ4v) is 1.99. The molecule has 0 bridgehead atoms. The molecule has 0 atom stereocenters. The second-order valence-corrected chi connectivity index (χ2v) is 4.49. The third-order valence-electron chi connectivity index (χ3n) is 3.24. The van der Waals surface area contributed by atoms with E-state index in [1.807, 2.05) is 13.8 Å². The molecule has 0 fully saturated rings. The van der Waals surface area contributed by atoms with Crippen LogP contribution in [-0.4, -0.2) is 50.1 Å². The van der Waals surface area contributed by atoms with Crippen LogP contribution in [0.1, 0.15) is 34.6 Å². The summed E-state index contributed by atoms with van der Waals surface area (Å²) in [6, 6.07) is 1.46. The molecule has 0 aromatic carbocycles. The highest BCUT2D eigenvalue weighted by molar-refractivity contribution is 6.04. The summed E-state index contributed by atoms with van der Waals surface area (Å²) in [6.45, 7) is 4.69. The molecule has 0 aliphatic rings. The Hall–Kier alpha value is -2.44. The monoisotopic (exact) mass is 309 g/mol. The van der Waals surface area contributed by atoms with E-state index >= 15 is 0 Å². The number of carbonyl (C=O) groups is 3. The summed E-state index contributed by atoms with van der Waals surface area (Å²) in [5.74, 6) is -1.33. The summed E-state index contributed by atoms with van der Waals surface area (Å²) in [5, 5.41) is 0. The van der Waals surface area contributed by atoms with E-state index < -0.39 is 11.9 Å². The normalized spacial score (nSPS) is 10.0. The quantitative estimate of drug-likeness (QED) is 0.562. The minimum Gasteiger partial charge on any atom is -0.465 e. The molecule has 1 heterocycles. The molecule has 0 spiro atoms. The van der Waals surface area contributed by atoms with Gasteiger partial charge in [-0.05, 0) is 13.8 Å². The van der Waals surface area contributed by atoms with Crippen LogP contribution in [0.25, 0.3) is 0 Å². The van der Waals surface area contributed by atoms with Gasteiger partial charge in [-0.2, -0.15) is 4.57 Å². The zero-order chi connectivity index (χ0) is 16.7. The number of amides is 1. The summed E-state index contributed by atoms with van der Waals surface area (Å²) in [7, 11) is 2.54. The van der Waals surface area contributed by atoms with Crippen LogP contribution in [0, 0.1) is 0 Å². The number of ether oxygens (including phenoxy) is 2. The highest BCUT2D eigenvalue weighted by Gasteiger charge is 2.25. The number of hydrogen-bond donors (Lipinski definition) is 0. The van der Waals surface area contributed by atoms with Crippen LogP contribution >= 0.6 is 0 Å². The molecule has 0 radical (unpaired) electrons. The molecule has 0 N–H and O–H groups in total. The molecule has 0 unspecified atom stereocenters. The van der Waals surface area contributed by atoms with E-state index in [1.165, 1.54) is 37.2 Å². The van der Waals surface area contributed by atoms with Gasteiger partial charge in [0.25, 0.3) is 5.91 Å². The van der Waals surface area contributed by atoms with Crippen molar-refractivity contribution < 1.29 is 28.4 Å². The first kappa shape index (κ1) is 17.6. The van der Waals surface area contributed by atoms with Crippen molar-refractivity contribution in [2.45, 2.75) is 20.4 Å². The lowest BCUT2D eigenvalue weighted by atomic mass is 10.1. The fourth-order valence-electron chi connectivity index (χ4n) is 1.99. The predicted molar refractivity (Wildman–Crippen MR) is 77.2 cm³/mol. The van der Waals surface area contributed by atoms with Gasteiger partial charge in [-0.3, -0.25) is 4.79 Å². The Kier molecular flexibility index (Phi) is 6.49. The average Bonchev–Trinajstić information content (AvgIpc) is 2.54. The number of nitrogens with zero attached hydrogens (tertiary/aromatic N) is 2. The van der Waals surface area contributed by atoms with E-state index in [0.29, 0.717) is 13.1 Å². The van der Waals surface area contributed by atoms with Crippen molar-refractivity contribution >= 4 is 17.8 Å². The van der Waals surface area contributed by atoms with Gasteiger partial charge in [-0.25, -0.2) is 9.59 Å². The molecule has 7 nitrogen and oxygen atoms in total. The Morgan fingerprint density at radius 1 is 1.09 bits per heavy atom. The van der Waals surface area contributed by atoms with E-state index in [1.54, 1.807) is 4.90 Å². The minimum atomic E-state index is -0.597. The minimum absolute atomic E-state index is 0.0452. The molecule has 22 heavy (non-hydrogen) atoms. The van der Waals surface area contributed by atoms with E-state index in [2.05, 4.69) is 4.74 Å². The Labute approximate surface area is 129 Å². The van der Waals surface area contributed by atoms with Crippen molar-refractivity contribution in [3.05, 3.63) is 29.6 Å². The first-order chi connectivity index (χ1) is 10.5. The average molecular weight is 309 g/mol. The highest BCUT2D eigenvalue weighted by Crippen LogP contribution is 2.11. The van der Waals surface area contributed by atoms with Crippen LogP contribution in [0.3, 0.4) is 0 Å². The smallest absolute Gasteiger partial charge is 0.372 e. The molecule has 1 aromatic heterocycles. The fraction of sp³-hybridized carbons (Fsp3) is 0.467. The van der Waals surface area contributed by atoms with Crippen LogP contribution in [0.15, 0.2) is 18.5 Å². The maximum atomic E-state index is 12.5. The van der Waals surface area contributed by atoms with Gasteiger partial charge in [0.2, 0.25) is 6.54 Å². The van der Waals surface area contributed by atoms with Crippen molar-refractivity contribution in [2.24, 2.45) is 0 Å². The van der Waals surface area contributed by atoms with Gasteiger partial charge in [0.1, 0.15) is 5.56 Å². The first-order valence-electron chi connectivity index (χ1n) is 6.95. The molecule has 7 heteroatoms. The maximum absolute atomic E-state index is 12.5. The highest BCUT2D eigenvalue weighted by atomic mass is 16.5. The molecule has 1 amide bonds. The lowest BCUT2D eigenvalue weighted by Crippen LogP contribution is -2.41. The van der Waals surface area contributed by atoms with Crippen molar-refractivity contribution in [2.75, 3.05) is 27.3 Å². The van der Waals surface area contributed by atoms with Crippen molar-refractivity contribution in [3.63, 3.8) is 0 Å². The van der Waals surface area contributed by atoms with Gasteiger partial charge in [0.05, 0.1) is 19.8 Å². The summed E-state index contributed by atoms with van der Waals surface area (Å²) in [5.41, 5.74) is 0.363. The van der Waals surface area contributed by atoms with Crippen molar-refractivity contribution in [3.8, 4) is 0 Å². The van der Waals surface area contributed by atoms with Crippen molar-refractivity contribution in [1.29, 1.82) is 0 Å². The van der Waals surface area contributed by atoms with Crippen molar-refractivity contribution in [1.82, 2.24) is 4.90 Å². The zero-order valence-corrected chi connectivity index (χ0v) is 13.3. The number of pyridine rings is 1. The Morgan fingerprint density at radius 3 is 2.23 bits per heavy atom. The van der Waals surface area contributed by atoms with Crippen LogP contribution in [0.2, 0.25) is 0 Å². The Balaban J connectivity index is 3.28. The van der Waals surface area contributed by atoms with Gasteiger partial charge < -0.3 is 14.4 Å². The van der Waals surface area contributed by atoms with E-state index in [-0.39, 0.29) is 23.6 Å². The van der Waals surface area contributed by atoms with Crippen LogP contribution in [-0.2, 0) is 20.8 Å². The molecule has 0 aliphatic heterocycles. The maximum Gasteiger partial charge on any atom is 0.372 e. The molecular formula is C15H21N2O5+. The number of hydrogen-bond acceptors (Lipinski definition) is 5. The Morgan fingerprint density at radius 2 is 1.73 bits per heavy atom. The second kappa shape index (κ2) is 8.11. The predicted octanol–water partition coefficient (Wildman–Crippen LogP) is 0.416. The molecule has 0 aliphatic carbocycles. The van der Waals surface area contributed by atoms with Crippen LogP contribution in [0.5, 0.6) is 0 Å². The van der Waals surface area contributed by atoms with Gasteiger partial charge in [-0.15, -0.1) is 0 Å². The van der Waals surface area contributed by atoms with E-state index in [4.69, 9.17) is 4.74 Å². The van der Waals surface area contributed by atoms with Gasteiger partial charge in [0.15, 0.2) is 12.4 Å². The summed E-state index contributed by atoms with van der Waals surface area (Å²) < 4.78 is 10.8. The van der Waals surface area contributed by atoms with Crippen LogP contribution < -0.4 is 4.57 Å². The first-order valence-corrected chi connectivity index (χ1v) is 6.95. The molecule has 0 saturated heterocycles. The third kappa shape index (κ3) is 4.03. The summed E-state index contributed by atoms with van der Waals surface area (Å²) in [4.78, 5) is 37.3. The molecule has 120 valence electrons. The lowest BCUT2D eigenvalue weighted by molar-refractivity contribution is -0.686. The SMILES string of the molecule is CCN(CC)C(=O)c1c[n+](CC(=O)OC)ccc1C(=O)OC. The van der Waals surface area contributed by atoms with E-state index in [0.717, 1.165) is 0 Å². The largest absolute Gasteiger partial charge is 0.465 e. The molecule has 1 rings (SSSR count). The standard InChI is InChI=1S/C15H21N2O5/c1-5-17(6-2)14(19)12-9-16(10-13(18)21-3)8-7-11(12)15(20)22-4/h7-9H,5-6,10H2,1-4H3/q+1. The van der Waals surface area contributed by atoms with Crippen LogP contribution in [0.4, 0.5) is 0 Å². The summed E-state index contributed by atoms with van der Waals surface area (Å²) in [6.07, 6.45) is 2.99. The molecule has 1 aromatic rings. The number of carbonyl (C=O) groups excluding carboxylic acids is 3. The number of aromatic nitrogens is 1. The lowest BCUT2D eigenvalue weighted by Gasteiger charge is -2.19. The zero-order valence-electron chi connectivity index (χ0n) is 13.3. The molecular weight excluding hydrogens is 288 g/mol. The van der Waals surface area contributed by atoms with E-state index in [9.17, 15) is 14.4 Å². The third-order valence-corrected chi connectivity index (χ3v) is 3.24.